The van der Waals surface area contributed by atoms with Gasteiger partial charge in [0.2, 0.25) is 0 Å². The van der Waals surface area contributed by atoms with Crippen LogP contribution in [0.2, 0.25) is 0 Å². The van der Waals surface area contributed by atoms with Gasteiger partial charge in [0, 0.05) is 30.7 Å². The molecule has 0 unspecified atom stereocenters. The largest absolute Gasteiger partial charge is 0.497 e. The van der Waals surface area contributed by atoms with E-state index in [1.165, 1.54) is 0 Å². The van der Waals surface area contributed by atoms with Crippen LogP contribution in [0.4, 0.5) is 5.69 Å². The monoisotopic (exact) mass is 337 g/mol. The second-order valence-corrected chi connectivity index (χ2v) is 5.45. The summed E-state index contributed by atoms with van der Waals surface area (Å²) in [5, 5.41) is 2.83. The lowest BCUT2D eigenvalue weighted by molar-refractivity contribution is -0.118. The Morgan fingerprint density at radius 2 is 1.92 bits per heavy atom. The van der Waals surface area contributed by atoms with Crippen LogP contribution in [-0.2, 0) is 11.8 Å². The molecule has 0 fully saturated rings. The number of benzene rings is 2. The smallest absolute Gasteiger partial charge is 0.262 e. The van der Waals surface area contributed by atoms with Crippen LogP contribution in [-0.4, -0.2) is 29.2 Å². The van der Waals surface area contributed by atoms with E-state index in [0.29, 0.717) is 11.4 Å². The molecule has 3 aromatic rings. The van der Waals surface area contributed by atoms with E-state index >= 15 is 0 Å². The highest BCUT2D eigenvalue weighted by molar-refractivity contribution is 5.92. The normalized spacial score (nSPS) is 10.3. The standard InChI is InChI=1S/C19H19N3O3/c1-22-11-10-20-19(22)14-4-3-5-15(12-14)21-18(23)13-25-17-8-6-16(24-2)7-9-17/h3-12H,13H2,1-2H3,(H,21,23). The lowest BCUT2D eigenvalue weighted by Gasteiger charge is -2.09. The molecule has 0 aliphatic heterocycles. The van der Waals surface area contributed by atoms with Crippen LogP contribution in [0.5, 0.6) is 11.5 Å². The molecule has 25 heavy (non-hydrogen) atoms. The summed E-state index contributed by atoms with van der Waals surface area (Å²) < 4.78 is 12.5. The van der Waals surface area contributed by atoms with Crippen molar-refractivity contribution in [1.29, 1.82) is 0 Å². The first-order chi connectivity index (χ1) is 12.2. The number of amides is 1. The van der Waals surface area contributed by atoms with Gasteiger partial charge in [-0.1, -0.05) is 12.1 Å². The fourth-order valence-electron chi connectivity index (χ4n) is 2.40. The lowest BCUT2D eigenvalue weighted by Crippen LogP contribution is -2.20. The third kappa shape index (κ3) is 4.17. The number of hydrogen-bond donors (Lipinski definition) is 1. The third-order valence-corrected chi connectivity index (χ3v) is 3.66. The SMILES string of the molecule is COc1ccc(OCC(=O)Nc2cccc(-c3nccn3C)c2)cc1. The van der Waals surface area contributed by atoms with Gasteiger partial charge in [-0.25, -0.2) is 4.98 Å². The van der Waals surface area contributed by atoms with Gasteiger partial charge in [0.25, 0.3) is 5.91 Å². The molecular formula is C19H19N3O3. The molecule has 0 saturated heterocycles. The highest BCUT2D eigenvalue weighted by atomic mass is 16.5. The Bertz CT molecular complexity index is 856. The zero-order chi connectivity index (χ0) is 17.6. The Labute approximate surface area is 146 Å². The number of methoxy groups -OCH3 is 1. The van der Waals surface area contributed by atoms with E-state index in [9.17, 15) is 4.79 Å². The van der Waals surface area contributed by atoms with Crippen molar-refractivity contribution in [3.63, 3.8) is 0 Å². The van der Waals surface area contributed by atoms with Gasteiger partial charge in [-0.05, 0) is 36.4 Å². The Hall–Kier alpha value is -3.28. The molecule has 0 aliphatic rings. The average Bonchev–Trinajstić information content (AvgIpc) is 3.06. The summed E-state index contributed by atoms with van der Waals surface area (Å²) >= 11 is 0. The predicted octanol–water partition coefficient (Wildman–Crippen LogP) is 3.11. The number of anilines is 1. The van der Waals surface area contributed by atoms with Crippen molar-refractivity contribution in [1.82, 2.24) is 9.55 Å². The number of rotatable bonds is 6. The minimum absolute atomic E-state index is 0.0705. The second-order valence-electron chi connectivity index (χ2n) is 5.45. The number of carbonyl (C=O) groups excluding carboxylic acids is 1. The van der Waals surface area contributed by atoms with Crippen molar-refractivity contribution in [3.8, 4) is 22.9 Å². The predicted molar refractivity (Wildman–Crippen MR) is 95.8 cm³/mol. The number of hydrogen-bond acceptors (Lipinski definition) is 4. The van der Waals surface area contributed by atoms with E-state index in [2.05, 4.69) is 10.3 Å². The van der Waals surface area contributed by atoms with Crippen molar-refractivity contribution >= 4 is 11.6 Å². The zero-order valence-electron chi connectivity index (χ0n) is 14.1. The molecular weight excluding hydrogens is 318 g/mol. The first-order valence-electron chi connectivity index (χ1n) is 7.80. The fourth-order valence-corrected chi connectivity index (χ4v) is 2.40. The first kappa shape index (κ1) is 16.6. The summed E-state index contributed by atoms with van der Waals surface area (Å²) in [6.07, 6.45) is 3.62. The first-order valence-corrected chi connectivity index (χ1v) is 7.80. The number of nitrogens with zero attached hydrogens (tertiary/aromatic N) is 2. The second kappa shape index (κ2) is 7.53. The summed E-state index contributed by atoms with van der Waals surface area (Å²) in [5.41, 5.74) is 1.63. The number of imidazole rings is 1. The highest BCUT2D eigenvalue weighted by Crippen LogP contribution is 2.21. The van der Waals surface area contributed by atoms with Crippen LogP contribution in [0.3, 0.4) is 0 Å². The molecule has 3 rings (SSSR count). The van der Waals surface area contributed by atoms with E-state index in [1.54, 1.807) is 37.6 Å². The quantitative estimate of drug-likeness (QED) is 0.750. The molecule has 1 amide bonds. The third-order valence-electron chi connectivity index (χ3n) is 3.66. The molecule has 128 valence electrons. The maximum absolute atomic E-state index is 12.1. The topological polar surface area (TPSA) is 65.4 Å². The van der Waals surface area contributed by atoms with E-state index in [-0.39, 0.29) is 12.5 Å². The molecule has 1 heterocycles. The Morgan fingerprint density at radius 3 is 2.60 bits per heavy atom. The fraction of sp³-hybridized carbons (Fsp3) is 0.158. The molecule has 2 aromatic carbocycles. The van der Waals surface area contributed by atoms with Gasteiger partial charge in [-0.3, -0.25) is 4.79 Å². The summed E-state index contributed by atoms with van der Waals surface area (Å²) in [4.78, 5) is 16.4. The van der Waals surface area contributed by atoms with Gasteiger partial charge in [0.1, 0.15) is 17.3 Å². The minimum Gasteiger partial charge on any atom is -0.497 e. The van der Waals surface area contributed by atoms with Gasteiger partial charge in [0.05, 0.1) is 7.11 Å². The van der Waals surface area contributed by atoms with Crippen LogP contribution in [0.15, 0.2) is 60.9 Å². The molecule has 0 spiro atoms. The van der Waals surface area contributed by atoms with Crippen LogP contribution < -0.4 is 14.8 Å². The van der Waals surface area contributed by atoms with Gasteiger partial charge in [0.15, 0.2) is 6.61 Å². The van der Waals surface area contributed by atoms with Crippen molar-refractivity contribution < 1.29 is 14.3 Å². The maximum atomic E-state index is 12.1. The summed E-state index contributed by atoms with van der Waals surface area (Å²) in [6.45, 7) is -0.0705. The number of nitrogens with one attached hydrogen (secondary N) is 1. The van der Waals surface area contributed by atoms with E-state index < -0.39 is 0 Å². The highest BCUT2D eigenvalue weighted by Gasteiger charge is 2.07. The molecule has 6 nitrogen and oxygen atoms in total. The van der Waals surface area contributed by atoms with Crippen LogP contribution in [0.1, 0.15) is 0 Å². The van der Waals surface area contributed by atoms with Crippen molar-refractivity contribution in [3.05, 3.63) is 60.9 Å². The molecule has 0 aliphatic carbocycles. The van der Waals surface area contributed by atoms with E-state index in [1.807, 2.05) is 42.1 Å². The van der Waals surface area contributed by atoms with Gasteiger partial charge in [-0.15, -0.1) is 0 Å². The van der Waals surface area contributed by atoms with Gasteiger partial charge < -0.3 is 19.4 Å². The van der Waals surface area contributed by atoms with Gasteiger partial charge in [-0.2, -0.15) is 0 Å². The number of aryl methyl sites for hydroxylation is 1. The minimum atomic E-state index is -0.229. The molecule has 1 N–H and O–H groups in total. The van der Waals surface area contributed by atoms with Crippen LogP contribution in [0.25, 0.3) is 11.4 Å². The number of aromatic nitrogens is 2. The van der Waals surface area contributed by atoms with Crippen molar-refractivity contribution in [2.75, 3.05) is 19.0 Å². The van der Waals surface area contributed by atoms with Crippen molar-refractivity contribution in [2.24, 2.45) is 7.05 Å². The molecule has 0 atom stereocenters. The summed E-state index contributed by atoms with van der Waals surface area (Å²) in [6, 6.07) is 14.6. The molecule has 0 bridgehead atoms. The van der Waals surface area contributed by atoms with Gasteiger partial charge >= 0.3 is 0 Å². The zero-order valence-corrected chi connectivity index (χ0v) is 14.1. The molecule has 1 aromatic heterocycles. The maximum Gasteiger partial charge on any atom is 0.262 e. The molecule has 6 heteroatoms. The number of ether oxygens (including phenoxy) is 2. The lowest BCUT2D eigenvalue weighted by atomic mass is 10.2. The average molecular weight is 337 g/mol. The van der Waals surface area contributed by atoms with E-state index in [4.69, 9.17) is 9.47 Å². The molecule has 0 radical (unpaired) electrons. The number of carbonyl (C=O) groups is 1. The Balaban J connectivity index is 1.60. The van der Waals surface area contributed by atoms with Crippen LogP contribution >= 0.6 is 0 Å². The molecule has 0 saturated carbocycles. The van der Waals surface area contributed by atoms with Crippen molar-refractivity contribution in [2.45, 2.75) is 0 Å². The van der Waals surface area contributed by atoms with E-state index in [0.717, 1.165) is 17.1 Å². The van der Waals surface area contributed by atoms with Crippen LogP contribution in [0, 0.1) is 0 Å². The summed E-state index contributed by atoms with van der Waals surface area (Å²) in [7, 11) is 3.53. The Morgan fingerprint density at radius 1 is 1.16 bits per heavy atom. The summed E-state index contributed by atoms with van der Waals surface area (Å²) in [5.74, 6) is 1.96. The Kier molecular flexibility index (Phi) is 4.99.